The van der Waals surface area contributed by atoms with Gasteiger partial charge in [0.05, 0.1) is 19.7 Å². The van der Waals surface area contributed by atoms with E-state index in [1.54, 1.807) is 31.5 Å². The summed E-state index contributed by atoms with van der Waals surface area (Å²) in [6.45, 7) is 2.89. The minimum atomic E-state index is -0.517. The normalized spacial score (nSPS) is 12.4. The van der Waals surface area contributed by atoms with Gasteiger partial charge in [-0.3, -0.25) is 19.6 Å². The number of hydrogen-bond acceptors (Lipinski definition) is 5. The molecule has 40 heavy (non-hydrogen) atoms. The predicted octanol–water partition coefficient (Wildman–Crippen LogP) is 5.86. The number of halogens is 1. The largest absolute Gasteiger partial charge is 0.497 e. The second kappa shape index (κ2) is 12.9. The Morgan fingerprint density at radius 1 is 0.975 bits per heavy atom. The summed E-state index contributed by atoms with van der Waals surface area (Å²) in [6.07, 6.45) is 1.63. The number of pyridine rings is 1. The van der Waals surface area contributed by atoms with E-state index in [1.165, 1.54) is 5.56 Å². The van der Waals surface area contributed by atoms with Crippen LogP contribution in [0.15, 0.2) is 94.5 Å². The van der Waals surface area contributed by atoms with E-state index in [0.717, 1.165) is 32.4 Å². The highest BCUT2D eigenvalue weighted by molar-refractivity contribution is 9.10. The Labute approximate surface area is 248 Å². The van der Waals surface area contributed by atoms with E-state index in [2.05, 4.69) is 48.7 Å². The number of methoxy groups -OCH3 is 1. The fraction of sp³-hybridized carbons (Fsp3) is 0.161. The highest BCUT2D eigenvalue weighted by atomic mass is 79.9. The second-order valence-corrected chi connectivity index (χ2v) is 10.1. The van der Waals surface area contributed by atoms with E-state index in [-0.39, 0.29) is 37.5 Å². The number of benzene rings is 3. The number of aliphatic imine (C=N–C) groups is 1. The topological polar surface area (TPSA) is 92.7 Å². The second-order valence-electron chi connectivity index (χ2n) is 9.22. The number of aromatic nitrogens is 1. The molecule has 1 aliphatic heterocycles. The van der Waals surface area contributed by atoms with Gasteiger partial charge in [-0.15, -0.1) is 0 Å². The van der Waals surface area contributed by atoms with Crippen LogP contribution < -0.4 is 15.4 Å². The zero-order valence-electron chi connectivity index (χ0n) is 22.1. The maximum atomic E-state index is 13.4. The molecule has 204 valence electrons. The molecule has 7 nitrogen and oxygen atoms in total. The first-order valence-corrected chi connectivity index (χ1v) is 13.3. The zero-order chi connectivity index (χ0) is 27.4. The summed E-state index contributed by atoms with van der Waals surface area (Å²) in [7, 11) is 1.59. The Kier molecular flexibility index (Phi) is 9.39. The van der Waals surface area contributed by atoms with E-state index in [0.29, 0.717) is 17.9 Å². The molecule has 0 radical (unpaired) electrons. The van der Waals surface area contributed by atoms with Gasteiger partial charge in [-0.1, -0.05) is 40.2 Å². The van der Waals surface area contributed by atoms with Gasteiger partial charge < -0.3 is 15.4 Å². The van der Waals surface area contributed by atoms with Gasteiger partial charge in [-0.2, -0.15) is 13.5 Å². The molecular formula is C31H29BrN4O3S. The number of ether oxygens (including phenoxy) is 1. The molecule has 9 heteroatoms. The highest BCUT2D eigenvalue weighted by Gasteiger charge is 2.20. The monoisotopic (exact) mass is 616 g/mol. The lowest BCUT2D eigenvalue weighted by molar-refractivity contribution is 0.0905. The van der Waals surface area contributed by atoms with Crippen LogP contribution >= 0.6 is 29.4 Å². The maximum absolute atomic E-state index is 13.4. The Morgan fingerprint density at radius 2 is 1.75 bits per heavy atom. The number of carbonyl (C=O) groups is 2. The molecule has 1 atom stereocenters. The van der Waals surface area contributed by atoms with Crippen molar-refractivity contribution in [3.8, 4) is 16.9 Å². The average molecular weight is 618 g/mol. The molecule has 0 fully saturated rings. The molecule has 1 aromatic heterocycles. The summed E-state index contributed by atoms with van der Waals surface area (Å²) in [6, 6.07) is 23.9. The summed E-state index contributed by atoms with van der Waals surface area (Å²) in [5.41, 5.74) is 6.84. The van der Waals surface area contributed by atoms with Crippen molar-refractivity contribution in [2.45, 2.75) is 19.5 Å². The predicted molar refractivity (Wildman–Crippen MR) is 166 cm³/mol. The van der Waals surface area contributed by atoms with Crippen LogP contribution in [0.25, 0.3) is 11.1 Å². The van der Waals surface area contributed by atoms with Crippen molar-refractivity contribution in [1.82, 2.24) is 15.6 Å². The van der Waals surface area contributed by atoms with Crippen LogP contribution in [0.1, 0.15) is 50.5 Å². The highest BCUT2D eigenvalue weighted by Crippen LogP contribution is 2.27. The van der Waals surface area contributed by atoms with Crippen molar-refractivity contribution in [2.75, 3.05) is 13.7 Å². The molecule has 0 saturated carbocycles. The first-order valence-electron chi connectivity index (χ1n) is 12.5. The van der Waals surface area contributed by atoms with E-state index < -0.39 is 6.04 Å². The SMILES string of the molecule is COc1cccc([C@@H](CNC(=O)c2ccc(Br)cc2)NC(=O)c2cc(-c3ccc4c(c3)C(C)=NC4)ccn2)c1.S. The number of hydrogen-bond donors (Lipinski definition) is 2. The number of nitrogens with one attached hydrogen (secondary N) is 2. The third-order valence-corrected chi connectivity index (χ3v) is 7.22. The lowest BCUT2D eigenvalue weighted by Crippen LogP contribution is -2.38. The summed E-state index contributed by atoms with van der Waals surface area (Å²) < 4.78 is 6.27. The van der Waals surface area contributed by atoms with Crippen molar-refractivity contribution < 1.29 is 14.3 Å². The van der Waals surface area contributed by atoms with Gasteiger partial charge in [0.2, 0.25) is 0 Å². The maximum Gasteiger partial charge on any atom is 0.270 e. The molecule has 1 aliphatic rings. The molecule has 2 amide bonds. The van der Waals surface area contributed by atoms with Crippen LogP contribution in [0.4, 0.5) is 0 Å². The molecule has 3 aromatic carbocycles. The zero-order valence-corrected chi connectivity index (χ0v) is 24.7. The van der Waals surface area contributed by atoms with Crippen LogP contribution in [0.5, 0.6) is 5.75 Å². The van der Waals surface area contributed by atoms with Crippen LogP contribution in [0, 0.1) is 0 Å². The van der Waals surface area contributed by atoms with Crippen LogP contribution in [0.2, 0.25) is 0 Å². The van der Waals surface area contributed by atoms with Crippen molar-refractivity contribution in [3.63, 3.8) is 0 Å². The van der Waals surface area contributed by atoms with Gasteiger partial charge in [-0.25, -0.2) is 0 Å². The van der Waals surface area contributed by atoms with Crippen LogP contribution in [0.3, 0.4) is 0 Å². The third kappa shape index (κ3) is 6.60. The molecule has 0 unspecified atom stereocenters. The molecule has 2 heterocycles. The van der Waals surface area contributed by atoms with Gasteiger partial charge in [0.25, 0.3) is 11.8 Å². The summed E-state index contributed by atoms with van der Waals surface area (Å²) in [5.74, 6) is 0.0724. The summed E-state index contributed by atoms with van der Waals surface area (Å²) >= 11 is 3.38. The molecular weight excluding hydrogens is 588 g/mol. The number of rotatable bonds is 8. The number of carbonyl (C=O) groups excluding carboxylic acids is 2. The fourth-order valence-corrected chi connectivity index (χ4v) is 4.76. The molecule has 5 rings (SSSR count). The number of fused-ring (bicyclic) bond motifs is 1. The van der Waals surface area contributed by atoms with Crippen LogP contribution in [-0.2, 0) is 6.54 Å². The number of amides is 2. The molecule has 0 saturated heterocycles. The standard InChI is InChI=1S/C31H27BrN4O3.H2S/c1-19-27-15-21(6-7-24(27)17-34-19)22-12-13-33-28(16-22)31(38)36-29(23-4-3-5-26(14-23)39-2)18-35-30(37)20-8-10-25(32)11-9-20;/h3-16,29H,17-18H2,1-2H3,(H,35,37)(H,36,38);1H2/t29-;/m1./s1. The van der Waals surface area contributed by atoms with E-state index in [4.69, 9.17) is 4.74 Å². The molecule has 4 aromatic rings. The lowest BCUT2D eigenvalue weighted by Gasteiger charge is -2.20. The van der Waals surface area contributed by atoms with E-state index in [9.17, 15) is 9.59 Å². The van der Waals surface area contributed by atoms with E-state index >= 15 is 0 Å². The van der Waals surface area contributed by atoms with E-state index in [1.807, 2.05) is 55.5 Å². The minimum absolute atomic E-state index is 0. The molecule has 2 N–H and O–H groups in total. The van der Waals surface area contributed by atoms with Gasteiger partial charge in [-0.05, 0) is 83.8 Å². The Morgan fingerprint density at radius 3 is 2.52 bits per heavy atom. The quantitative estimate of drug-likeness (QED) is 0.259. The van der Waals surface area contributed by atoms with Crippen LogP contribution in [-0.4, -0.2) is 36.2 Å². The Balaban J connectivity index is 0.00000370. The number of nitrogens with zero attached hydrogens (tertiary/aromatic N) is 2. The average Bonchev–Trinajstić information content (AvgIpc) is 3.35. The van der Waals surface area contributed by atoms with Gasteiger partial charge >= 0.3 is 0 Å². The van der Waals surface area contributed by atoms with Crippen molar-refractivity contribution >= 4 is 47.0 Å². The summed E-state index contributed by atoms with van der Waals surface area (Å²) in [4.78, 5) is 35.0. The Bertz CT molecular complexity index is 1570. The summed E-state index contributed by atoms with van der Waals surface area (Å²) in [5, 5.41) is 5.98. The minimum Gasteiger partial charge on any atom is -0.497 e. The molecule has 0 aliphatic carbocycles. The van der Waals surface area contributed by atoms with Crippen molar-refractivity contribution in [3.05, 3.63) is 117 Å². The molecule has 0 spiro atoms. The fourth-order valence-electron chi connectivity index (χ4n) is 4.49. The van der Waals surface area contributed by atoms with Gasteiger partial charge in [0.15, 0.2) is 0 Å². The molecule has 0 bridgehead atoms. The van der Waals surface area contributed by atoms with Crippen molar-refractivity contribution in [2.24, 2.45) is 4.99 Å². The first kappa shape index (κ1) is 29.0. The first-order chi connectivity index (χ1) is 18.9. The van der Waals surface area contributed by atoms with Crippen molar-refractivity contribution in [1.29, 1.82) is 0 Å². The van der Waals surface area contributed by atoms with Gasteiger partial charge in [0, 0.05) is 34.1 Å². The van der Waals surface area contributed by atoms with Gasteiger partial charge in [0.1, 0.15) is 11.4 Å². The third-order valence-electron chi connectivity index (χ3n) is 6.69. The smallest absolute Gasteiger partial charge is 0.270 e. The Hall–Kier alpha value is -3.95. The lowest BCUT2D eigenvalue weighted by atomic mass is 9.98.